The van der Waals surface area contributed by atoms with E-state index in [0.717, 1.165) is 29.7 Å². The number of aryl methyl sites for hydroxylation is 1. The average molecular weight is 417 g/mol. The van der Waals surface area contributed by atoms with Gasteiger partial charge in [-0.05, 0) is 68.1 Å². The van der Waals surface area contributed by atoms with Gasteiger partial charge in [0, 0.05) is 24.7 Å². The second-order valence-electron chi connectivity index (χ2n) is 7.44. The summed E-state index contributed by atoms with van der Waals surface area (Å²) in [6.45, 7) is 4.39. The number of methoxy groups -OCH3 is 1. The van der Waals surface area contributed by atoms with Crippen LogP contribution in [0, 0.1) is 13.8 Å². The van der Waals surface area contributed by atoms with E-state index in [2.05, 4.69) is 5.32 Å². The third-order valence-electron chi connectivity index (χ3n) is 5.54. The molecule has 0 spiro atoms. The maximum absolute atomic E-state index is 13.2. The van der Waals surface area contributed by atoms with Gasteiger partial charge < -0.3 is 10.1 Å². The van der Waals surface area contributed by atoms with Crippen molar-refractivity contribution >= 4 is 21.6 Å². The number of anilines is 1. The zero-order valence-electron chi connectivity index (χ0n) is 17.1. The van der Waals surface area contributed by atoms with Crippen molar-refractivity contribution in [2.45, 2.75) is 50.5 Å². The van der Waals surface area contributed by atoms with E-state index in [4.69, 9.17) is 4.74 Å². The number of benzene rings is 2. The van der Waals surface area contributed by atoms with Crippen LogP contribution in [0.4, 0.5) is 5.69 Å². The summed E-state index contributed by atoms with van der Waals surface area (Å²) in [5.41, 5.74) is 2.90. The molecule has 0 aliphatic carbocycles. The van der Waals surface area contributed by atoms with E-state index in [0.29, 0.717) is 18.7 Å². The minimum absolute atomic E-state index is 0.142. The average Bonchev–Trinajstić information content (AvgIpc) is 2.71. The lowest BCUT2D eigenvalue weighted by Gasteiger charge is -2.34. The van der Waals surface area contributed by atoms with E-state index >= 15 is 0 Å². The summed E-state index contributed by atoms with van der Waals surface area (Å²) in [5, 5.41) is 2.95. The van der Waals surface area contributed by atoms with Crippen molar-refractivity contribution in [3.8, 4) is 5.75 Å². The quantitative estimate of drug-likeness (QED) is 0.775. The van der Waals surface area contributed by atoms with Crippen LogP contribution < -0.4 is 10.1 Å². The Morgan fingerprint density at radius 3 is 2.55 bits per heavy atom. The Bertz CT molecular complexity index is 971. The van der Waals surface area contributed by atoms with Gasteiger partial charge in [-0.1, -0.05) is 18.6 Å². The maximum atomic E-state index is 13.2. The lowest BCUT2D eigenvalue weighted by molar-refractivity contribution is -0.117. The molecule has 1 amide bonds. The van der Waals surface area contributed by atoms with Crippen LogP contribution in [-0.4, -0.2) is 38.3 Å². The molecule has 7 heteroatoms. The zero-order chi connectivity index (χ0) is 21.0. The summed E-state index contributed by atoms with van der Waals surface area (Å²) >= 11 is 0. The van der Waals surface area contributed by atoms with Gasteiger partial charge in [0.15, 0.2) is 0 Å². The predicted octanol–water partition coefficient (Wildman–Crippen LogP) is 3.88. The van der Waals surface area contributed by atoms with Gasteiger partial charge in [-0.25, -0.2) is 8.42 Å². The first-order valence-electron chi connectivity index (χ1n) is 9.85. The Morgan fingerprint density at radius 1 is 1.14 bits per heavy atom. The Kier molecular flexibility index (Phi) is 6.59. The molecule has 3 rings (SSSR count). The van der Waals surface area contributed by atoms with Crippen LogP contribution in [0.1, 0.15) is 36.8 Å². The molecule has 1 aliphatic heterocycles. The molecule has 2 aromatic carbocycles. The fraction of sp³-hybridized carbons (Fsp3) is 0.409. The van der Waals surface area contributed by atoms with Crippen molar-refractivity contribution in [1.82, 2.24) is 4.31 Å². The standard InChI is InChI=1S/C22H28N2O4S/c1-16-7-6-9-21(17(16)2)23-22(25)15-18-8-4-5-14-24(18)29(26,27)20-12-10-19(28-3)11-13-20/h6-7,9-13,18H,4-5,8,14-15H2,1-3H3,(H,23,25). The van der Waals surface area contributed by atoms with Crippen molar-refractivity contribution in [3.05, 3.63) is 53.6 Å². The Balaban J connectivity index is 1.76. The molecule has 1 aliphatic rings. The summed E-state index contributed by atoms with van der Waals surface area (Å²) in [6, 6.07) is 11.8. The van der Waals surface area contributed by atoms with Gasteiger partial charge in [-0.2, -0.15) is 4.31 Å². The summed E-state index contributed by atoms with van der Waals surface area (Å²) < 4.78 is 33.0. The van der Waals surface area contributed by atoms with Gasteiger partial charge in [0.25, 0.3) is 0 Å². The van der Waals surface area contributed by atoms with Gasteiger partial charge in [-0.3, -0.25) is 4.79 Å². The van der Waals surface area contributed by atoms with Crippen molar-refractivity contribution in [3.63, 3.8) is 0 Å². The molecule has 2 aromatic rings. The minimum atomic E-state index is -3.67. The van der Waals surface area contributed by atoms with Gasteiger partial charge in [0.2, 0.25) is 15.9 Å². The Morgan fingerprint density at radius 2 is 1.86 bits per heavy atom. The smallest absolute Gasteiger partial charge is 0.243 e. The number of hydrogen-bond donors (Lipinski definition) is 1. The highest BCUT2D eigenvalue weighted by Crippen LogP contribution is 2.28. The Labute approximate surface area is 172 Å². The second kappa shape index (κ2) is 8.97. The zero-order valence-corrected chi connectivity index (χ0v) is 18.0. The monoisotopic (exact) mass is 416 g/mol. The number of sulfonamides is 1. The summed E-state index contributed by atoms with van der Waals surface area (Å²) in [6.07, 6.45) is 2.53. The fourth-order valence-electron chi connectivity index (χ4n) is 3.68. The first-order chi connectivity index (χ1) is 13.8. The number of carbonyl (C=O) groups is 1. The highest BCUT2D eigenvalue weighted by molar-refractivity contribution is 7.89. The maximum Gasteiger partial charge on any atom is 0.243 e. The number of carbonyl (C=O) groups excluding carboxylic acids is 1. The summed E-state index contributed by atoms with van der Waals surface area (Å²) in [4.78, 5) is 12.9. The molecule has 1 atom stereocenters. The lowest BCUT2D eigenvalue weighted by Crippen LogP contribution is -2.45. The lowest BCUT2D eigenvalue weighted by atomic mass is 10.0. The van der Waals surface area contributed by atoms with Gasteiger partial charge in [0.1, 0.15) is 5.75 Å². The third kappa shape index (κ3) is 4.79. The van der Waals surface area contributed by atoms with Crippen LogP contribution in [0.2, 0.25) is 0 Å². The van der Waals surface area contributed by atoms with Crippen LogP contribution >= 0.6 is 0 Å². The normalized spacial score (nSPS) is 17.7. The molecule has 6 nitrogen and oxygen atoms in total. The Hall–Kier alpha value is -2.38. The molecule has 0 bridgehead atoms. The number of amides is 1. The number of nitrogens with zero attached hydrogens (tertiary/aromatic N) is 1. The van der Waals surface area contributed by atoms with Crippen molar-refractivity contribution in [1.29, 1.82) is 0 Å². The van der Waals surface area contributed by atoms with Crippen molar-refractivity contribution in [2.24, 2.45) is 0 Å². The SMILES string of the molecule is COc1ccc(S(=O)(=O)N2CCCCC2CC(=O)Nc2cccc(C)c2C)cc1. The van der Waals surface area contributed by atoms with E-state index in [1.165, 1.54) is 4.31 Å². The molecular formula is C22H28N2O4S. The topological polar surface area (TPSA) is 75.7 Å². The molecule has 0 saturated carbocycles. The van der Waals surface area contributed by atoms with Crippen LogP contribution in [0.15, 0.2) is 47.4 Å². The molecule has 1 heterocycles. The first-order valence-corrected chi connectivity index (χ1v) is 11.3. The molecule has 1 saturated heterocycles. The van der Waals surface area contributed by atoms with Crippen molar-refractivity contribution < 1.29 is 17.9 Å². The van der Waals surface area contributed by atoms with Crippen LogP contribution in [0.5, 0.6) is 5.75 Å². The van der Waals surface area contributed by atoms with Crippen molar-refractivity contribution in [2.75, 3.05) is 19.0 Å². The van der Waals surface area contributed by atoms with Crippen LogP contribution in [-0.2, 0) is 14.8 Å². The highest BCUT2D eigenvalue weighted by Gasteiger charge is 2.34. The van der Waals surface area contributed by atoms with Gasteiger partial charge in [0.05, 0.1) is 12.0 Å². The predicted molar refractivity (Wildman–Crippen MR) is 114 cm³/mol. The molecule has 1 fully saturated rings. The van der Waals surface area contributed by atoms with Crippen LogP contribution in [0.3, 0.4) is 0 Å². The fourth-order valence-corrected chi connectivity index (χ4v) is 5.37. The number of nitrogens with one attached hydrogen (secondary N) is 1. The molecule has 1 unspecified atom stereocenters. The summed E-state index contributed by atoms with van der Waals surface area (Å²) in [7, 11) is -2.13. The number of ether oxygens (including phenoxy) is 1. The number of hydrogen-bond acceptors (Lipinski definition) is 4. The van der Waals surface area contributed by atoms with E-state index in [1.807, 2.05) is 32.0 Å². The largest absolute Gasteiger partial charge is 0.497 e. The van der Waals surface area contributed by atoms with Gasteiger partial charge >= 0.3 is 0 Å². The number of piperidine rings is 1. The van der Waals surface area contributed by atoms with E-state index in [1.54, 1.807) is 31.4 Å². The van der Waals surface area contributed by atoms with E-state index < -0.39 is 10.0 Å². The molecule has 0 aromatic heterocycles. The molecule has 29 heavy (non-hydrogen) atoms. The van der Waals surface area contributed by atoms with Crippen LogP contribution in [0.25, 0.3) is 0 Å². The number of rotatable bonds is 6. The highest BCUT2D eigenvalue weighted by atomic mass is 32.2. The molecule has 1 N–H and O–H groups in total. The first kappa shape index (κ1) is 21.3. The summed E-state index contributed by atoms with van der Waals surface area (Å²) in [5.74, 6) is 0.438. The minimum Gasteiger partial charge on any atom is -0.497 e. The second-order valence-corrected chi connectivity index (χ2v) is 9.33. The van der Waals surface area contributed by atoms with E-state index in [-0.39, 0.29) is 23.3 Å². The van der Waals surface area contributed by atoms with E-state index in [9.17, 15) is 13.2 Å². The van der Waals surface area contributed by atoms with Gasteiger partial charge in [-0.15, -0.1) is 0 Å². The third-order valence-corrected chi connectivity index (χ3v) is 7.50. The molecular weight excluding hydrogens is 388 g/mol. The molecule has 156 valence electrons. The molecule has 0 radical (unpaired) electrons.